The zero-order valence-corrected chi connectivity index (χ0v) is 4.12. The molecule has 0 bridgehead atoms. The third-order valence-electron chi connectivity index (χ3n) is 0.552. The lowest BCUT2D eigenvalue weighted by Crippen LogP contribution is -1.83. The van der Waals surface area contributed by atoms with Crippen molar-refractivity contribution < 1.29 is 0 Å². The van der Waals surface area contributed by atoms with Gasteiger partial charge in [-0.1, -0.05) is 6.92 Å². The monoisotopic (exact) mass is 84.1 g/mol. The molecule has 35 valence electrons. The molecule has 1 N–H and O–H groups in total. The summed E-state index contributed by atoms with van der Waals surface area (Å²) in [4.78, 5) is 0. The lowest BCUT2D eigenvalue weighted by atomic mass is 10.2. The van der Waals surface area contributed by atoms with Crippen molar-refractivity contribution in [1.29, 1.82) is 5.41 Å². The molecule has 0 aliphatic rings. The molecule has 0 fully saturated rings. The van der Waals surface area contributed by atoms with Crippen LogP contribution in [0, 0.1) is 12.3 Å². The van der Waals surface area contributed by atoms with Gasteiger partial charge in [0, 0.05) is 5.71 Å². The highest BCUT2D eigenvalue weighted by molar-refractivity contribution is 5.78. The van der Waals surface area contributed by atoms with Crippen molar-refractivity contribution in [3.05, 3.63) is 6.92 Å². The van der Waals surface area contributed by atoms with Crippen molar-refractivity contribution in [2.45, 2.75) is 19.8 Å². The fraction of sp³-hybridized carbons (Fsp3) is 0.600. The maximum absolute atomic E-state index is 6.85. The van der Waals surface area contributed by atoms with Gasteiger partial charge in [0.25, 0.3) is 0 Å². The van der Waals surface area contributed by atoms with Gasteiger partial charge in [-0.3, -0.25) is 0 Å². The number of hydrogen-bond donors (Lipinski definition) is 1. The van der Waals surface area contributed by atoms with Gasteiger partial charge in [0.05, 0.1) is 0 Å². The quantitative estimate of drug-likeness (QED) is 0.492. The van der Waals surface area contributed by atoms with E-state index in [2.05, 4.69) is 6.92 Å². The van der Waals surface area contributed by atoms with Crippen LogP contribution in [-0.2, 0) is 0 Å². The van der Waals surface area contributed by atoms with Gasteiger partial charge in [-0.2, -0.15) is 0 Å². The van der Waals surface area contributed by atoms with E-state index in [0.717, 1.165) is 18.6 Å². The summed E-state index contributed by atoms with van der Waals surface area (Å²) in [5.41, 5.74) is 0.727. The molecule has 0 aromatic rings. The summed E-state index contributed by atoms with van der Waals surface area (Å²) in [5.74, 6) is 0. The molecule has 1 heteroatoms. The summed E-state index contributed by atoms with van der Waals surface area (Å²) in [6.45, 7) is 5.38. The normalized spacial score (nSPS) is 8.33. The van der Waals surface area contributed by atoms with Crippen LogP contribution in [0.4, 0.5) is 0 Å². The Morgan fingerprint density at radius 1 is 1.83 bits per heavy atom. The maximum Gasteiger partial charge on any atom is 0.00582 e. The van der Waals surface area contributed by atoms with E-state index in [1.165, 1.54) is 0 Å². The van der Waals surface area contributed by atoms with Crippen LogP contribution in [-0.4, -0.2) is 5.71 Å². The van der Waals surface area contributed by atoms with E-state index in [9.17, 15) is 0 Å². The third-order valence-corrected chi connectivity index (χ3v) is 0.552. The highest BCUT2D eigenvalue weighted by atomic mass is 14.4. The van der Waals surface area contributed by atoms with Crippen molar-refractivity contribution in [2.24, 2.45) is 0 Å². The van der Waals surface area contributed by atoms with Crippen molar-refractivity contribution in [3.63, 3.8) is 0 Å². The van der Waals surface area contributed by atoms with Crippen LogP contribution in [0.25, 0.3) is 0 Å². The smallest absolute Gasteiger partial charge is 0.00582 e. The minimum absolute atomic E-state index is 0.727. The van der Waals surface area contributed by atoms with Gasteiger partial charge in [0.2, 0.25) is 0 Å². The van der Waals surface area contributed by atoms with Crippen LogP contribution in [0.3, 0.4) is 0 Å². The molecule has 6 heavy (non-hydrogen) atoms. The van der Waals surface area contributed by atoms with Crippen LogP contribution in [0.1, 0.15) is 19.8 Å². The van der Waals surface area contributed by atoms with E-state index < -0.39 is 0 Å². The molecule has 0 saturated carbocycles. The molecule has 0 aromatic heterocycles. The molecule has 0 aromatic carbocycles. The Morgan fingerprint density at radius 3 is 2.33 bits per heavy atom. The largest absolute Gasteiger partial charge is 0.310 e. The summed E-state index contributed by atoms with van der Waals surface area (Å²) in [7, 11) is 0. The average molecular weight is 84.1 g/mol. The van der Waals surface area contributed by atoms with Crippen molar-refractivity contribution in [1.82, 2.24) is 0 Å². The van der Waals surface area contributed by atoms with E-state index in [1.807, 2.05) is 0 Å². The lowest BCUT2D eigenvalue weighted by Gasteiger charge is -1.84. The van der Waals surface area contributed by atoms with Crippen molar-refractivity contribution in [3.8, 4) is 0 Å². The fourth-order valence-corrected chi connectivity index (χ4v) is 0.265. The van der Waals surface area contributed by atoms with Crippen molar-refractivity contribution >= 4 is 5.71 Å². The number of rotatable bonds is 2. The summed E-state index contributed by atoms with van der Waals surface area (Å²) in [6.07, 6.45) is 1.70. The van der Waals surface area contributed by atoms with E-state index in [-0.39, 0.29) is 0 Å². The Kier molecular flexibility index (Phi) is 2.73. The standard InChI is InChI=1S/C5H10N/c1-3-4-5(2)6/h6H,1,3-4H2,2H3. The molecule has 0 spiro atoms. The van der Waals surface area contributed by atoms with Gasteiger partial charge in [-0.15, -0.1) is 0 Å². The Bertz CT molecular complexity index is 47.9. The predicted octanol–water partition coefficient (Wildman–Crippen LogP) is 1.64. The first-order valence-electron chi connectivity index (χ1n) is 2.10. The highest BCUT2D eigenvalue weighted by Crippen LogP contribution is 1.84. The van der Waals surface area contributed by atoms with E-state index >= 15 is 0 Å². The molecule has 0 aliphatic carbocycles. The Balaban J connectivity index is 2.83. The minimum atomic E-state index is 0.727. The molecule has 1 nitrogen and oxygen atoms in total. The topological polar surface area (TPSA) is 23.9 Å². The Morgan fingerprint density at radius 2 is 2.33 bits per heavy atom. The second kappa shape index (κ2) is 2.88. The first-order valence-corrected chi connectivity index (χ1v) is 2.10. The molecule has 0 aliphatic heterocycles. The molecule has 0 unspecified atom stereocenters. The second-order valence-electron chi connectivity index (χ2n) is 1.38. The molecular formula is C5H10N. The van der Waals surface area contributed by atoms with E-state index in [4.69, 9.17) is 5.41 Å². The van der Waals surface area contributed by atoms with Crippen LogP contribution >= 0.6 is 0 Å². The summed E-state index contributed by atoms with van der Waals surface area (Å²) in [6, 6.07) is 0. The van der Waals surface area contributed by atoms with Crippen LogP contribution in [0.2, 0.25) is 0 Å². The molecule has 0 amide bonds. The predicted molar refractivity (Wildman–Crippen MR) is 28.0 cm³/mol. The highest BCUT2D eigenvalue weighted by Gasteiger charge is 1.78. The Labute approximate surface area is 38.9 Å². The minimum Gasteiger partial charge on any atom is -0.310 e. The third kappa shape index (κ3) is 3.67. The second-order valence-corrected chi connectivity index (χ2v) is 1.38. The zero-order chi connectivity index (χ0) is 4.99. The molecule has 0 saturated heterocycles. The maximum atomic E-state index is 6.85. The first-order chi connectivity index (χ1) is 2.77. The fourth-order valence-electron chi connectivity index (χ4n) is 0.265. The number of hydrogen-bond acceptors (Lipinski definition) is 1. The van der Waals surface area contributed by atoms with Gasteiger partial charge in [0.15, 0.2) is 0 Å². The van der Waals surface area contributed by atoms with Gasteiger partial charge in [-0.05, 0) is 19.8 Å². The molecule has 0 heterocycles. The van der Waals surface area contributed by atoms with Crippen LogP contribution in [0.15, 0.2) is 0 Å². The van der Waals surface area contributed by atoms with Crippen LogP contribution < -0.4 is 0 Å². The summed E-state index contributed by atoms with van der Waals surface area (Å²) in [5, 5.41) is 6.85. The molecule has 0 atom stereocenters. The van der Waals surface area contributed by atoms with Gasteiger partial charge < -0.3 is 5.41 Å². The Hall–Kier alpha value is -0.330. The molecule has 0 rings (SSSR count). The summed E-state index contributed by atoms with van der Waals surface area (Å²) < 4.78 is 0. The molecule has 1 radical (unpaired) electrons. The van der Waals surface area contributed by atoms with Gasteiger partial charge >= 0.3 is 0 Å². The lowest BCUT2D eigenvalue weighted by molar-refractivity contribution is 1.07. The SMILES string of the molecule is [CH2]CCC(C)=N. The van der Waals surface area contributed by atoms with Gasteiger partial charge in [-0.25, -0.2) is 0 Å². The van der Waals surface area contributed by atoms with Crippen LogP contribution in [0.5, 0.6) is 0 Å². The van der Waals surface area contributed by atoms with E-state index in [0.29, 0.717) is 0 Å². The van der Waals surface area contributed by atoms with Crippen molar-refractivity contribution in [2.75, 3.05) is 0 Å². The summed E-state index contributed by atoms with van der Waals surface area (Å²) >= 11 is 0. The average Bonchev–Trinajstić information content (AvgIpc) is 1.35. The van der Waals surface area contributed by atoms with E-state index in [1.54, 1.807) is 6.92 Å². The molecular weight excluding hydrogens is 74.1 g/mol. The zero-order valence-electron chi connectivity index (χ0n) is 4.12. The van der Waals surface area contributed by atoms with Gasteiger partial charge in [0.1, 0.15) is 0 Å². The number of nitrogens with one attached hydrogen (secondary N) is 1. The first kappa shape index (κ1) is 5.67.